The van der Waals surface area contributed by atoms with E-state index in [1.165, 1.54) is 0 Å². The number of esters is 1. The number of aliphatic hydroxyl groups excluding tert-OH is 1. The molecule has 2 atom stereocenters. The quantitative estimate of drug-likeness (QED) is 0.638. The van der Waals surface area contributed by atoms with Crippen molar-refractivity contribution in [3.05, 3.63) is 71.8 Å². The van der Waals surface area contributed by atoms with Crippen molar-refractivity contribution >= 4 is 14.0 Å². The van der Waals surface area contributed by atoms with Gasteiger partial charge in [0.05, 0.1) is 25.5 Å². The zero-order chi connectivity index (χ0) is 16.9. The van der Waals surface area contributed by atoms with Crippen LogP contribution in [0.5, 0.6) is 0 Å². The number of hydrogen-bond acceptors (Lipinski definition) is 3. The average Bonchev–Trinajstić information content (AvgIpc) is 2.54. The molecule has 0 saturated carbocycles. The van der Waals surface area contributed by atoms with Gasteiger partial charge in [-0.2, -0.15) is 0 Å². The van der Waals surface area contributed by atoms with Crippen molar-refractivity contribution in [2.75, 3.05) is 0 Å². The van der Waals surface area contributed by atoms with Gasteiger partial charge in [0, 0.05) is 6.42 Å². The summed E-state index contributed by atoms with van der Waals surface area (Å²) in [4.78, 5) is 12.3. The summed E-state index contributed by atoms with van der Waals surface area (Å²) in [6, 6.07) is 18.5. The van der Waals surface area contributed by atoms with Crippen molar-refractivity contribution in [2.45, 2.75) is 37.9 Å². The maximum Gasteiger partial charge on any atom is 0.338 e. The van der Waals surface area contributed by atoms with Gasteiger partial charge in [-0.05, 0) is 17.7 Å². The lowest BCUT2D eigenvalue weighted by Gasteiger charge is -2.30. The van der Waals surface area contributed by atoms with Crippen molar-refractivity contribution in [2.24, 2.45) is 0 Å². The molecule has 2 aromatic carbocycles. The molecule has 0 bridgehead atoms. The Morgan fingerprint density at radius 2 is 1.52 bits per heavy atom. The average molecular weight is 328 g/mol. The standard InChI is InChI=1S/C19H24O3Si/c1-23(2,3)18(14-17(20)15-10-6-4-7-11-15)22-19(21)16-12-8-5-9-13-16/h4-13,17-18,20H,14H2,1-3H3/t17-,18+/m1/s1. The lowest BCUT2D eigenvalue weighted by molar-refractivity contribution is 0.0319. The van der Waals surface area contributed by atoms with E-state index in [1.807, 2.05) is 48.5 Å². The molecule has 0 unspecified atom stereocenters. The summed E-state index contributed by atoms with van der Waals surface area (Å²) in [6.45, 7) is 6.44. The molecule has 122 valence electrons. The Hall–Kier alpha value is -1.91. The van der Waals surface area contributed by atoms with Crippen LogP contribution >= 0.6 is 0 Å². The smallest absolute Gasteiger partial charge is 0.338 e. The van der Waals surface area contributed by atoms with Crippen molar-refractivity contribution in [1.82, 2.24) is 0 Å². The highest BCUT2D eigenvalue weighted by molar-refractivity contribution is 6.77. The Balaban J connectivity index is 2.10. The summed E-state index contributed by atoms with van der Waals surface area (Å²) >= 11 is 0. The Morgan fingerprint density at radius 3 is 2.04 bits per heavy atom. The van der Waals surface area contributed by atoms with Crippen LogP contribution in [-0.4, -0.2) is 24.9 Å². The van der Waals surface area contributed by atoms with Crippen LogP contribution in [0.2, 0.25) is 19.6 Å². The number of benzene rings is 2. The van der Waals surface area contributed by atoms with Crippen LogP contribution in [0.15, 0.2) is 60.7 Å². The van der Waals surface area contributed by atoms with Crippen molar-refractivity contribution in [1.29, 1.82) is 0 Å². The molecule has 2 aromatic rings. The highest BCUT2D eigenvalue weighted by atomic mass is 28.3. The molecule has 0 saturated heterocycles. The molecule has 0 aliphatic rings. The number of rotatable bonds is 6. The monoisotopic (exact) mass is 328 g/mol. The third kappa shape index (κ3) is 5.05. The number of ether oxygens (including phenoxy) is 1. The third-order valence-electron chi connectivity index (χ3n) is 3.85. The highest BCUT2D eigenvalue weighted by Gasteiger charge is 2.33. The SMILES string of the molecule is C[Si](C)(C)[C@@H](C[C@@H](O)c1ccccc1)OC(=O)c1ccccc1. The molecule has 23 heavy (non-hydrogen) atoms. The summed E-state index contributed by atoms with van der Waals surface area (Å²) in [6.07, 6.45) is -0.199. The van der Waals surface area contributed by atoms with E-state index in [9.17, 15) is 9.90 Å². The van der Waals surface area contributed by atoms with Crippen LogP contribution in [-0.2, 0) is 4.74 Å². The van der Waals surface area contributed by atoms with E-state index >= 15 is 0 Å². The minimum Gasteiger partial charge on any atom is -0.463 e. The molecule has 0 radical (unpaired) electrons. The second kappa shape index (κ2) is 7.57. The van der Waals surface area contributed by atoms with Crippen molar-refractivity contribution in [3.63, 3.8) is 0 Å². The zero-order valence-corrected chi connectivity index (χ0v) is 14.9. The van der Waals surface area contributed by atoms with Gasteiger partial charge in [0.25, 0.3) is 0 Å². The fraction of sp³-hybridized carbons (Fsp3) is 0.316. The van der Waals surface area contributed by atoms with Crippen LogP contribution in [0, 0.1) is 0 Å². The maximum atomic E-state index is 12.3. The van der Waals surface area contributed by atoms with E-state index in [-0.39, 0.29) is 11.7 Å². The molecule has 0 heterocycles. The Bertz CT molecular complexity index is 620. The van der Waals surface area contributed by atoms with Crippen LogP contribution in [0.4, 0.5) is 0 Å². The second-order valence-corrected chi connectivity index (χ2v) is 12.2. The second-order valence-electron chi connectivity index (χ2n) is 6.79. The first-order valence-electron chi connectivity index (χ1n) is 7.87. The Kier molecular flexibility index (Phi) is 5.74. The third-order valence-corrected chi connectivity index (χ3v) is 6.13. The van der Waals surface area contributed by atoms with Gasteiger partial charge in [0.2, 0.25) is 0 Å². The highest BCUT2D eigenvalue weighted by Crippen LogP contribution is 2.25. The normalized spacial score (nSPS) is 14.1. The van der Waals surface area contributed by atoms with Gasteiger partial charge in [-0.3, -0.25) is 0 Å². The molecule has 0 spiro atoms. The van der Waals surface area contributed by atoms with Gasteiger partial charge in [0.1, 0.15) is 0 Å². The molecule has 0 amide bonds. The molecular formula is C19H24O3Si. The van der Waals surface area contributed by atoms with Crippen LogP contribution in [0.25, 0.3) is 0 Å². The molecule has 2 rings (SSSR count). The molecule has 3 nitrogen and oxygen atoms in total. The summed E-state index contributed by atoms with van der Waals surface area (Å²) in [7, 11) is -1.78. The van der Waals surface area contributed by atoms with E-state index in [2.05, 4.69) is 19.6 Å². The number of hydrogen-bond donors (Lipinski definition) is 1. The van der Waals surface area contributed by atoms with Gasteiger partial charge in [-0.25, -0.2) is 4.79 Å². The molecule has 1 N–H and O–H groups in total. The zero-order valence-electron chi connectivity index (χ0n) is 13.9. The van der Waals surface area contributed by atoms with E-state index in [1.54, 1.807) is 12.1 Å². The molecular weight excluding hydrogens is 304 g/mol. The molecule has 0 fully saturated rings. The Morgan fingerprint density at radius 1 is 1.00 bits per heavy atom. The number of aliphatic hydroxyl groups is 1. The molecule has 0 aromatic heterocycles. The fourth-order valence-corrected chi connectivity index (χ4v) is 3.75. The first-order chi connectivity index (χ1) is 10.9. The van der Waals surface area contributed by atoms with Crippen LogP contribution in [0.3, 0.4) is 0 Å². The Labute approximate surface area is 138 Å². The lowest BCUT2D eigenvalue weighted by Crippen LogP contribution is -2.42. The van der Waals surface area contributed by atoms with Crippen LogP contribution < -0.4 is 0 Å². The largest absolute Gasteiger partial charge is 0.463 e. The topological polar surface area (TPSA) is 46.5 Å². The van der Waals surface area contributed by atoms with Crippen molar-refractivity contribution in [3.8, 4) is 0 Å². The molecule has 0 aliphatic heterocycles. The summed E-state index contributed by atoms with van der Waals surface area (Å²) in [5.74, 6) is -0.321. The van der Waals surface area contributed by atoms with E-state index in [0.29, 0.717) is 12.0 Å². The predicted molar refractivity (Wildman–Crippen MR) is 95.0 cm³/mol. The van der Waals surface area contributed by atoms with Crippen molar-refractivity contribution < 1.29 is 14.6 Å². The van der Waals surface area contributed by atoms with Gasteiger partial charge in [0.15, 0.2) is 0 Å². The van der Waals surface area contributed by atoms with Gasteiger partial charge < -0.3 is 9.84 Å². The van der Waals surface area contributed by atoms with Gasteiger partial charge in [-0.1, -0.05) is 68.2 Å². The van der Waals surface area contributed by atoms with Crippen LogP contribution in [0.1, 0.15) is 28.4 Å². The van der Waals surface area contributed by atoms with Gasteiger partial charge in [-0.15, -0.1) is 0 Å². The number of carbonyl (C=O) groups is 1. The molecule has 0 aliphatic carbocycles. The minimum absolute atomic E-state index is 0.245. The summed E-state index contributed by atoms with van der Waals surface area (Å²) in [5, 5.41) is 10.5. The summed E-state index contributed by atoms with van der Waals surface area (Å²) < 4.78 is 5.76. The van der Waals surface area contributed by atoms with E-state index < -0.39 is 14.2 Å². The summed E-state index contributed by atoms with van der Waals surface area (Å²) in [5.41, 5.74) is 1.15. The predicted octanol–water partition coefficient (Wildman–Crippen LogP) is 4.21. The first kappa shape index (κ1) is 17.4. The minimum atomic E-state index is -1.78. The number of carbonyl (C=O) groups excluding carboxylic acids is 1. The van der Waals surface area contributed by atoms with E-state index in [4.69, 9.17) is 4.74 Å². The maximum absolute atomic E-state index is 12.3. The lowest BCUT2D eigenvalue weighted by atomic mass is 10.1. The van der Waals surface area contributed by atoms with E-state index in [0.717, 1.165) is 5.56 Å². The first-order valence-corrected chi connectivity index (χ1v) is 11.4. The van der Waals surface area contributed by atoms with Gasteiger partial charge >= 0.3 is 5.97 Å². The fourth-order valence-electron chi connectivity index (χ4n) is 2.36. The molecule has 4 heteroatoms.